The number of methoxy groups -OCH3 is 2. The highest BCUT2D eigenvalue weighted by atomic mass is 127. The lowest BCUT2D eigenvalue weighted by atomic mass is 10.1. The van der Waals surface area contributed by atoms with Gasteiger partial charge in [-0.05, 0) is 31.0 Å². The Morgan fingerprint density at radius 1 is 1.10 bits per heavy atom. The number of aliphatic imine (C=N–C) groups is 1. The van der Waals surface area contributed by atoms with E-state index in [-0.39, 0.29) is 30.5 Å². The Kier molecular flexibility index (Phi) is 11.6. The minimum absolute atomic E-state index is 0. The van der Waals surface area contributed by atoms with E-state index < -0.39 is 6.10 Å². The van der Waals surface area contributed by atoms with Crippen LogP contribution in [-0.2, 0) is 19.4 Å². The van der Waals surface area contributed by atoms with Crippen molar-refractivity contribution in [3.05, 3.63) is 40.8 Å². The number of nitrogens with zero attached hydrogens (tertiary/aromatic N) is 2. The van der Waals surface area contributed by atoms with E-state index in [9.17, 15) is 5.11 Å². The monoisotopic (exact) mass is 532 g/mol. The summed E-state index contributed by atoms with van der Waals surface area (Å²) in [6.45, 7) is 7.54. The summed E-state index contributed by atoms with van der Waals surface area (Å²) in [5.41, 5.74) is 2.67. The lowest BCUT2D eigenvalue weighted by molar-refractivity contribution is 0.180. The van der Waals surface area contributed by atoms with Gasteiger partial charge in [0.15, 0.2) is 5.96 Å². The number of guanidine groups is 1. The number of halogens is 1. The van der Waals surface area contributed by atoms with Crippen molar-refractivity contribution in [2.45, 2.75) is 46.3 Å². The Morgan fingerprint density at radius 3 is 2.30 bits per heavy atom. The molecule has 30 heavy (non-hydrogen) atoms. The fraction of sp³-hybridized carbons (Fsp3) is 0.524. The van der Waals surface area contributed by atoms with Gasteiger partial charge in [-0.1, -0.05) is 19.0 Å². The van der Waals surface area contributed by atoms with Gasteiger partial charge in [0.2, 0.25) is 0 Å². The summed E-state index contributed by atoms with van der Waals surface area (Å²) >= 11 is 0. The number of aliphatic hydroxyl groups is 1. The van der Waals surface area contributed by atoms with E-state index in [1.165, 1.54) is 0 Å². The third-order valence-corrected chi connectivity index (χ3v) is 4.57. The van der Waals surface area contributed by atoms with E-state index in [2.05, 4.69) is 20.8 Å². The van der Waals surface area contributed by atoms with Crippen molar-refractivity contribution in [2.75, 3.05) is 27.3 Å². The van der Waals surface area contributed by atoms with Gasteiger partial charge in [-0.25, -0.2) is 4.99 Å². The zero-order valence-electron chi connectivity index (χ0n) is 18.3. The smallest absolute Gasteiger partial charge is 0.191 e. The zero-order valence-corrected chi connectivity index (χ0v) is 20.6. The molecule has 3 N–H and O–H groups in total. The number of hydrogen-bond donors (Lipinski definition) is 3. The van der Waals surface area contributed by atoms with Crippen LogP contribution in [0, 0.1) is 0 Å². The van der Waals surface area contributed by atoms with Crippen LogP contribution >= 0.6 is 24.0 Å². The zero-order chi connectivity index (χ0) is 21.2. The Morgan fingerprint density at radius 2 is 1.77 bits per heavy atom. The highest BCUT2D eigenvalue weighted by Crippen LogP contribution is 2.26. The first kappa shape index (κ1) is 26.0. The molecular formula is C21H33IN4O4. The molecule has 1 unspecified atom stereocenters. The maximum absolute atomic E-state index is 10.6. The molecule has 9 heteroatoms. The number of aryl methyl sites for hydroxylation is 2. The van der Waals surface area contributed by atoms with Gasteiger partial charge < -0.3 is 29.7 Å². The van der Waals surface area contributed by atoms with Crippen molar-refractivity contribution in [3.63, 3.8) is 0 Å². The van der Waals surface area contributed by atoms with Gasteiger partial charge >= 0.3 is 0 Å². The number of benzene rings is 1. The molecule has 0 aliphatic heterocycles. The molecule has 1 aromatic heterocycles. The van der Waals surface area contributed by atoms with Crippen LogP contribution in [-0.4, -0.2) is 43.5 Å². The van der Waals surface area contributed by atoms with E-state index in [4.69, 9.17) is 14.0 Å². The first-order chi connectivity index (χ1) is 14.1. The van der Waals surface area contributed by atoms with Crippen molar-refractivity contribution in [3.8, 4) is 11.5 Å². The minimum Gasteiger partial charge on any atom is -0.497 e. The Hall–Kier alpha value is -2.01. The normalized spacial score (nSPS) is 12.1. The molecule has 0 bridgehead atoms. The Labute approximate surface area is 195 Å². The van der Waals surface area contributed by atoms with Crippen molar-refractivity contribution in [1.29, 1.82) is 0 Å². The fourth-order valence-corrected chi connectivity index (χ4v) is 2.95. The summed E-state index contributed by atoms with van der Waals surface area (Å²) in [6, 6.07) is 5.35. The van der Waals surface area contributed by atoms with E-state index in [0.717, 1.165) is 29.9 Å². The second kappa shape index (κ2) is 13.3. The molecule has 2 rings (SSSR count). The highest BCUT2D eigenvalue weighted by molar-refractivity contribution is 14.0. The van der Waals surface area contributed by atoms with Crippen LogP contribution in [0.4, 0.5) is 0 Å². The first-order valence-electron chi connectivity index (χ1n) is 9.95. The van der Waals surface area contributed by atoms with Gasteiger partial charge in [-0.15, -0.1) is 24.0 Å². The van der Waals surface area contributed by atoms with E-state index >= 15 is 0 Å². The SMILES string of the molecule is CCNC(=NCc1c(CC)noc1CC)NCC(O)c1cc(OC)cc(OC)c1.I. The van der Waals surface area contributed by atoms with Gasteiger partial charge in [0.25, 0.3) is 0 Å². The lowest BCUT2D eigenvalue weighted by Crippen LogP contribution is -2.39. The third-order valence-electron chi connectivity index (χ3n) is 4.57. The summed E-state index contributed by atoms with van der Waals surface area (Å²) in [5, 5.41) is 21.1. The lowest BCUT2D eigenvalue weighted by Gasteiger charge is -2.17. The van der Waals surface area contributed by atoms with Crippen molar-refractivity contribution in [1.82, 2.24) is 15.8 Å². The quantitative estimate of drug-likeness (QED) is 0.246. The summed E-state index contributed by atoms with van der Waals surface area (Å²) in [6.07, 6.45) is 0.822. The highest BCUT2D eigenvalue weighted by Gasteiger charge is 2.14. The minimum atomic E-state index is -0.754. The number of hydrogen-bond acceptors (Lipinski definition) is 6. The van der Waals surface area contributed by atoms with Gasteiger partial charge in [-0.3, -0.25) is 0 Å². The van der Waals surface area contributed by atoms with Crippen LogP contribution in [0.3, 0.4) is 0 Å². The van der Waals surface area contributed by atoms with Crippen LogP contribution in [0.1, 0.15) is 49.5 Å². The van der Waals surface area contributed by atoms with Crippen molar-refractivity contribution >= 4 is 29.9 Å². The van der Waals surface area contributed by atoms with E-state index in [0.29, 0.717) is 36.1 Å². The second-order valence-corrected chi connectivity index (χ2v) is 6.48. The second-order valence-electron chi connectivity index (χ2n) is 6.48. The molecule has 0 spiro atoms. The average molecular weight is 532 g/mol. The molecule has 0 fully saturated rings. The molecule has 168 valence electrons. The summed E-state index contributed by atoms with van der Waals surface area (Å²) in [4.78, 5) is 4.64. The maximum Gasteiger partial charge on any atom is 0.191 e. The molecule has 8 nitrogen and oxygen atoms in total. The van der Waals surface area contributed by atoms with Crippen molar-refractivity contribution in [2.24, 2.45) is 4.99 Å². The first-order valence-corrected chi connectivity index (χ1v) is 9.95. The number of aromatic nitrogens is 1. The third kappa shape index (κ3) is 7.05. The summed E-state index contributed by atoms with van der Waals surface area (Å²) in [5.74, 6) is 2.74. The maximum atomic E-state index is 10.6. The molecule has 2 aromatic rings. The summed E-state index contributed by atoms with van der Waals surface area (Å²) in [7, 11) is 3.16. The summed E-state index contributed by atoms with van der Waals surface area (Å²) < 4.78 is 15.9. The molecule has 0 saturated carbocycles. The predicted molar refractivity (Wildman–Crippen MR) is 128 cm³/mol. The van der Waals surface area contributed by atoms with Gasteiger partial charge in [0.1, 0.15) is 17.3 Å². The predicted octanol–water partition coefficient (Wildman–Crippen LogP) is 3.22. The van der Waals surface area contributed by atoms with Crippen LogP contribution < -0.4 is 20.1 Å². The molecule has 0 aliphatic rings. The largest absolute Gasteiger partial charge is 0.497 e. The fourth-order valence-electron chi connectivity index (χ4n) is 2.95. The van der Waals surface area contributed by atoms with Crippen LogP contribution in [0.25, 0.3) is 0 Å². The molecule has 1 atom stereocenters. The Bertz CT molecular complexity index is 767. The van der Waals surface area contributed by atoms with Crippen LogP contribution in [0.5, 0.6) is 11.5 Å². The average Bonchev–Trinajstić information content (AvgIpc) is 3.16. The number of aliphatic hydroxyl groups excluding tert-OH is 1. The molecular weight excluding hydrogens is 499 g/mol. The molecule has 1 heterocycles. The van der Waals surface area contributed by atoms with Crippen molar-refractivity contribution < 1.29 is 19.1 Å². The van der Waals surface area contributed by atoms with Gasteiger partial charge in [0, 0.05) is 31.1 Å². The standard InChI is InChI=1S/C21H32N4O4.HI/c1-6-18-17(20(7-2)29-25-18)12-23-21(22-8-3)24-13-19(26)14-9-15(27-4)11-16(10-14)28-5;/h9-11,19,26H,6-8,12-13H2,1-5H3,(H2,22,23,24);1H. The van der Waals surface area contributed by atoms with E-state index in [1.807, 2.05) is 20.8 Å². The van der Waals surface area contributed by atoms with Gasteiger partial charge in [-0.2, -0.15) is 0 Å². The van der Waals surface area contributed by atoms with E-state index in [1.54, 1.807) is 32.4 Å². The van der Waals surface area contributed by atoms with Gasteiger partial charge in [0.05, 0.1) is 32.6 Å². The molecule has 0 radical (unpaired) electrons. The number of rotatable bonds is 10. The molecule has 1 aromatic carbocycles. The number of ether oxygens (including phenoxy) is 2. The molecule has 0 aliphatic carbocycles. The Balaban J connectivity index is 0.00000450. The molecule has 0 saturated heterocycles. The molecule has 0 amide bonds. The van der Waals surface area contributed by atoms with Crippen LogP contribution in [0.2, 0.25) is 0 Å². The topological polar surface area (TPSA) is 101 Å². The van der Waals surface area contributed by atoms with Crippen LogP contribution in [0.15, 0.2) is 27.7 Å². The number of nitrogens with one attached hydrogen (secondary N) is 2.